The van der Waals surface area contributed by atoms with Crippen molar-refractivity contribution in [2.75, 3.05) is 32.8 Å². The second kappa shape index (κ2) is 10.1. The van der Waals surface area contributed by atoms with Gasteiger partial charge in [0.2, 0.25) is 5.91 Å². The molecule has 2 rings (SSSR count). The summed E-state index contributed by atoms with van der Waals surface area (Å²) in [5.41, 5.74) is 0.535. The molecular formula is C17H26Cl2N2O2. The minimum absolute atomic E-state index is 0. The normalized spacial score (nSPS) is 16.4. The van der Waals surface area contributed by atoms with Crippen molar-refractivity contribution in [2.45, 2.75) is 31.6 Å². The Bertz CT molecular complexity index is 474. The van der Waals surface area contributed by atoms with Crippen LogP contribution in [0.5, 0.6) is 0 Å². The molecule has 0 atom stereocenters. The lowest BCUT2D eigenvalue weighted by Crippen LogP contribution is -2.49. The van der Waals surface area contributed by atoms with E-state index in [-0.39, 0.29) is 18.3 Å². The summed E-state index contributed by atoms with van der Waals surface area (Å²) in [6, 6.07) is 7.62. The van der Waals surface area contributed by atoms with Crippen LogP contribution in [0.4, 0.5) is 0 Å². The van der Waals surface area contributed by atoms with E-state index >= 15 is 0 Å². The zero-order chi connectivity index (χ0) is 15.8. The highest BCUT2D eigenvalue weighted by molar-refractivity contribution is 6.30. The van der Waals surface area contributed by atoms with Crippen LogP contribution in [0.1, 0.15) is 31.7 Å². The number of rotatable bonds is 7. The van der Waals surface area contributed by atoms with Gasteiger partial charge in [0.05, 0.1) is 5.41 Å². The zero-order valence-corrected chi connectivity index (χ0v) is 15.1. The molecule has 0 bridgehead atoms. The first-order chi connectivity index (χ1) is 10.7. The van der Waals surface area contributed by atoms with Crippen LogP contribution in [0.25, 0.3) is 0 Å². The van der Waals surface area contributed by atoms with Crippen molar-refractivity contribution in [2.24, 2.45) is 0 Å². The summed E-state index contributed by atoms with van der Waals surface area (Å²) in [4.78, 5) is 12.8. The molecule has 1 aromatic rings. The maximum atomic E-state index is 12.8. The third-order valence-electron chi connectivity index (χ3n) is 4.19. The van der Waals surface area contributed by atoms with Gasteiger partial charge in [-0.25, -0.2) is 0 Å². The van der Waals surface area contributed by atoms with E-state index in [1.54, 1.807) is 0 Å². The van der Waals surface area contributed by atoms with E-state index in [1.807, 2.05) is 24.3 Å². The van der Waals surface area contributed by atoms with Crippen molar-refractivity contribution in [3.63, 3.8) is 0 Å². The van der Waals surface area contributed by atoms with Gasteiger partial charge in [0.1, 0.15) is 0 Å². The van der Waals surface area contributed by atoms with E-state index in [1.165, 1.54) is 0 Å². The number of nitrogens with one attached hydrogen (secondary N) is 2. The fourth-order valence-electron chi connectivity index (χ4n) is 2.87. The average molecular weight is 361 g/mol. The molecule has 1 fully saturated rings. The number of hydrogen-bond acceptors (Lipinski definition) is 3. The van der Waals surface area contributed by atoms with Crippen LogP contribution in [0.15, 0.2) is 24.3 Å². The van der Waals surface area contributed by atoms with Crippen LogP contribution in [0, 0.1) is 0 Å². The maximum Gasteiger partial charge on any atom is 0.230 e. The molecule has 1 saturated heterocycles. The third kappa shape index (κ3) is 5.35. The third-order valence-corrected chi connectivity index (χ3v) is 4.44. The Hall–Kier alpha value is -0.810. The van der Waals surface area contributed by atoms with Crippen LogP contribution < -0.4 is 10.6 Å². The van der Waals surface area contributed by atoms with Crippen molar-refractivity contribution in [3.05, 3.63) is 34.9 Å². The van der Waals surface area contributed by atoms with Gasteiger partial charge in [0.25, 0.3) is 0 Å². The second-order valence-electron chi connectivity index (χ2n) is 5.71. The van der Waals surface area contributed by atoms with E-state index < -0.39 is 5.41 Å². The summed E-state index contributed by atoms with van der Waals surface area (Å²) in [6.07, 6.45) is 2.52. The molecule has 0 aliphatic carbocycles. The van der Waals surface area contributed by atoms with Gasteiger partial charge < -0.3 is 15.4 Å². The van der Waals surface area contributed by atoms with Crippen LogP contribution in [0.2, 0.25) is 5.02 Å². The van der Waals surface area contributed by atoms with Gasteiger partial charge in [0.15, 0.2) is 0 Å². The fourth-order valence-corrected chi connectivity index (χ4v) is 3.00. The molecule has 0 aromatic heterocycles. The van der Waals surface area contributed by atoms with Gasteiger partial charge in [-0.15, -0.1) is 12.4 Å². The van der Waals surface area contributed by atoms with Gasteiger partial charge in [-0.05, 0) is 43.5 Å². The number of hydrogen-bond donors (Lipinski definition) is 2. The monoisotopic (exact) mass is 360 g/mol. The molecule has 1 aromatic carbocycles. The molecule has 1 aliphatic rings. The largest absolute Gasteiger partial charge is 0.381 e. The maximum absolute atomic E-state index is 12.8. The molecule has 2 N–H and O–H groups in total. The zero-order valence-electron chi connectivity index (χ0n) is 13.6. The standard InChI is InChI=1S/C17H25ClN2O2.ClH/c1-2-9-19-10-11-20-16(21)17(7-12-22-13-8-17)14-3-5-15(18)6-4-14;/h3-6,19H,2,7-13H2,1H3,(H,20,21);1H. The van der Waals surface area contributed by atoms with Crippen molar-refractivity contribution in [3.8, 4) is 0 Å². The van der Waals surface area contributed by atoms with Crippen LogP contribution >= 0.6 is 24.0 Å². The molecule has 1 amide bonds. The van der Waals surface area contributed by atoms with Gasteiger partial charge in [-0.1, -0.05) is 30.7 Å². The smallest absolute Gasteiger partial charge is 0.230 e. The Balaban J connectivity index is 0.00000264. The van der Waals surface area contributed by atoms with Crippen LogP contribution in [-0.2, 0) is 14.9 Å². The first kappa shape index (κ1) is 20.2. The molecule has 23 heavy (non-hydrogen) atoms. The Morgan fingerprint density at radius 2 is 1.83 bits per heavy atom. The van der Waals surface area contributed by atoms with E-state index in [0.29, 0.717) is 37.6 Å². The molecule has 0 radical (unpaired) electrons. The average Bonchev–Trinajstić information content (AvgIpc) is 2.55. The SMILES string of the molecule is CCCNCCNC(=O)C1(c2ccc(Cl)cc2)CCOCC1.Cl. The lowest BCUT2D eigenvalue weighted by Gasteiger charge is -2.36. The Labute approximate surface area is 149 Å². The number of carbonyl (C=O) groups excluding carboxylic acids is 1. The number of halogens is 2. The van der Waals surface area contributed by atoms with Crippen molar-refractivity contribution in [1.82, 2.24) is 10.6 Å². The summed E-state index contributed by atoms with van der Waals surface area (Å²) in [5, 5.41) is 7.06. The number of ether oxygens (including phenoxy) is 1. The number of amides is 1. The molecule has 1 heterocycles. The van der Waals surface area contributed by atoms with E-state index in [0.717, 1.165) is 25.1 Å². The van der Waals surface area contributed by atoms with Crippen molar-refractivity contribution in [1.29, 1.82) is 0 Å². The fraction of sp³-hybridized carbons (Fsp3) is 0.588. The number of benzene rings is 1. The molecule has 6 heteroatoms. The highest BCUT2D eigenvalue weighted by Crippen LogP contribution is 2.35. The predicted octanol–water partition coefficient (Wildman–Crippen LogP) is 2.93. The predicted molar refractivity (Wildman–Crippen MR) is 96.6 cm³/mol. The quantitative estimate of drug-likeness (QED) is 0.735. The van der Waals surface area contributed by atoms with Crippen molar-refractivity contribution >= 4 is 29.9 Å². The van der Waals surface area contributed by atoms with Gasteiger partial charge >= 0.3 is 0 Å². The van der Waals surface area contributed by atoms with Gasteiger partial charge in [-0.2, -0.15) is 0 Å². The summed E-state index contributed by atoms with van der Waals surface area (Å²) in [6.45, 7) is 5.78. The highest BCUT2D eigenvalue weighted by Gasteiger charge is 2.41. The summed E-state index contributed by atoms with van der Waals surface area (Å²) in [7, 11) is 0. The van der Waals surface area contributed by atoms with Crippen molar-refractivity contribution < 1.29 is 9.53 Å². The van der Waals surface area contributed by atoms with Crippen LogP contribution in [0.3, 0.4) is 0 Å². The van der Waals surface area contributed by atoms with E-state index in [4.69, 9.17) is 16.3 Å². The first-order valence-electron chi connectivity index (χ1n) is 8.02. The lowest BCUT2D eigenvalue weighted by molar-refractivity contribution is -0.130. The molecule has 0 unspecified atom stereocenters. The summed E-state index contributed by atoms with van der Waals surface area (Å²) < 4.78 is 5.46. The topological polar surface area (TPSA) is 50.4 Å². The Morgan fingerprint density at radius 1 is 1.17 bits per heavy atom. The molecule has 4 nitrogen and oxygen atoms in total. The highest BCUT2D eigenvalue weighted by atomic mass is 35.5. The van der Waals surface area contributed by atoms with E-state index in [9.17, 15) is 4.79 Å². The molecule has 130 valence electrons. The lowest BCUT2D eigenvalue weighted by atomic mass is 9.73. The first-order valence-corrected chi connectivity index (χ1v) is 8.39. The molecule has 1 aliphatic heterocycles. The minimum Gasteiger partial charge on any atom is -0.381 e. The molecule has 0 spiro atoms. The summed E-state index contributed by atoms with van der Waals surface area (Å²) in [5.74, 6) is 0.0939. The molecular weight excluding hydrogens is 335 g/mol. The molecule has 0 saturated carbocycles. The van der Waals surface area contributed by atoms with Crippen LogP contribution in [-0.4, -0.2) is 38.8 Å². The second-order valence-corrected chi connectivity index (χ2v) is 6.14. The number of carbonyl (C=O) groups is 1. The van der Waals surface area contributed by atoms with E-state index in [2.05, 4.69) is 17.6 Å². The van der Waals surface area contributed by atoms with Gasteiger partial charge in [0, 0.05) is 31.3 Å². The Kier molecular flexibility index (Phi) is 8.92. The summed E-state index contributed by atoms with van der Waals surface area (Å²) >= 11 is 5.97. The Morgan fingerprint density at radius 3 is 2.43 bits per heavy atom. The van der Waals surface area contributed by atoms with Gasteiger partial charge in [-0.3, -0.25) is 4.79 Å². The minimum atomic E-state index is -0.492.